The van der Waals surface area contributed by atoms with Gasteiger partial charge in [0, 0.05) is 27.6 Å². The van der Waals surface area contributed by atoms with E-state index in [1.165, 1.54) is 0 Å². The fourth-order valence-electron chi connectivity index (χ4n) is 2.29. The zero-order chi connectivity index (χ0) is 14.8. The highest BCUT2D eigenvalue weighted by molar-refractivity contribution is 6.35. The number of fused-ring (bicyclic) bond motifs is 1. The van der Waals surface area contributed by atoms with Crippen LogP contribution in [0, 0.1) is 10.1 Å². The van der Waals surface area contributed by atoms with E-state index in [2.05, 4.69) is 4.98 Å². The molecule has 2 aromatic carbocycles. The van der Waals surface area contributed by atoms with Crippen molar-refractivity contribution in [1.82, 2.24) is 4.98 Å². The van der Waals surface area contributed by atoms with Crippen molar-refractivity contribution in [2.75, 3.05) is 0 Å². The van der Waals surface area contributed by atoms with Crippen molar-refractivity contribution >= 4 is 22.5 Å². The molecule has 0 fully saturated rings. The number of benzene rings is 2. The molecular formula is C16H11ClN2O2. The molecule has 0 bridgehead atoms. The number of rotatable bonds is 3. The van der Waals surface area contributed by atoms with Gasteiger partial charge in [-0.1, -0.05) is 41.9 Å². The molecule has 104 valence electrons. The van der Waals surface area contributed by atoms with E-state index in [9.17, 15) is 10.1 Å². The van der Waals surface area contributed by atoms with E-state index in [1.807, 2.05) is 36.4 Å². The zero-order valence-electron chi connectivity index (χ0n) is 11.0. The van der Waals surface area contributed by atoms with Gasteiger partial charge < -0.3 is 0 Å². The molecule has 0 N–H and O–H groups in total. The number of hydrogen-bond donors (Lipinski definition) is 0. The molecule has 4 nitrogen and oxygen atoms in total. The highest BCUT2D eigenvalue weighted by Crippen LogP contribution is 2.28. The van der Waals surface area contributed by atoms with Gasteiger partial charge in [0.25, 0.3) is 0 Å². The van der Waals surface area contributed by atoms with Crippen LogP contribution >= 0.6 is 11.6 Å². The molecule has 0 atom stereocenters. The summed E-state index contributed by atoms with van der Waals surface area (Å²) in [5.74, 6) is 0. The molecule has 0 amide bonds. The van der Waals surface area contributed by atoms with Crippen molar-refractivity contribution in [2.45, 2.75) is 6.54 Å². The van der Waals surface area contributed by atoms with E-state index in [0.717, 1.165) is 16.5 Å². The number of pyridine rings is 1. The first-order valence-corrected chi connectivity index (χ1v) is 6.77. The second kappa shape index (κ2) is 5.50. The van der Waals surface area contributed by atoms with E-state index < -0.39 is 0 Å². The Bertz CT molecular complexity index is 819. The lowest BCUT2D eigenvalue weighted by molar-refractivity contribution is -0.496. The molecule has 5 heteroatoms. The van der Waals surface area contributed by atoms with E-state index in [0.29, 0.717) is 16.1 Å². The van der Waals surface area contributed by atoms with Gasteiger partial charge in [-0.05, 0) is 23.8 Å². The largest absolute Gasteiger partial charge is 0.264 e. The lowest BCUT2D eigenvalue weighted by atomic mass is 10.0. The van der Waals surface area contributed by atoms with Crippen LogP contribution in [0.15, 0.2) is 54.7 Å². The lowest BCUT2D eigenvalue weighted by Gasteiger charge is -2.06. The summed E-state index contributed by atoms with van der Waals surface area (Å²) in [6.45, 7) is -0.245. The molecule has 0 unspecified atom stereocenters. The molecule has 0 spiro atoms. The number of nitro groups is 1. The normalized spacial score (nSPS) is 10.7. The quantitative estimate of drug-likeness (QED) is 0.534. The first-order valence-electron chi connectivity index (χ1n) is 6.39. The number of nitrogens with zero attached hydrogens (tertiary/aromatic N) is 2. The van der Waals surface area contributed by atoms with Gasteiger partial charge in [-0.15, -0.1) is 0 Å². The SMILES string of the molecule is O=[N+]([O-])Cc1cc(Cl)c2ncc(-c3ccccc3)cc2c1. The Hall–Kier alpha value is -2.46. The Kier molecular flexibility index (Phi) is 3.54. The maximum Gasteiger partial charge on any atom is 0.229 e. The minimum Gasteiger partial charge on any atom is -0.264 e. The first-order chi connectivity index (χ1) is 10.1. The molecular weight excluding hydrogens is 288 g/mol. The van der Waals surface area contributed by atoms with Gasteiger partial charge in [-0.25, -0.2) is 0 Å². The second-order valence-corrected chi connectivity index (χ2v) is 5.14. The van der Waals surface area contributed by atoms with Crippen molar-refractivity contribution in [3.05, 3.63) is 75.4 Å². The molecule has 0 radical (unpaired) electrons. The van der Waals surface area contributed by atoms with Crippen molar-refractivity contribution < 1.29 is 4.92 Å². The molecule has 0 saturated carbocycles. The summed E-state index contributed by atoms with van der Waals surface area (Å²) >= 11 is 6.16. The van der Waals surface area contributed by atoms with Crippen LogP contribution in [0.25, 0.3) is 22.0 Å². The predicted octanol–water partition coefficient (Wildman–Crippen LogP) is 4.33. The topological polar surface area (TPSA) is 56.0 Å². The van der Waals surface area contributed by atoms with E-state index in [-0.39, 0.29) is 11.5 Å². The van der Waals surface area contributed by atoms with E-state index >= 15 is 0 Å². The Balaban J connectivity index is 2.13. The molecule has 0 saturated heterocycles. The van der Waals surface area contributed by atoms with Crippen LogP contribution in [-0.4, -0.2) is 9.91 Å². The summed E-state index contributed by atoms with van der Waals surface area (Å²) in [6, 6.07) is 15.2. The van der Waals surface area contributed by atoms with Crippen molar-refractivity contribution in [3.63, 3.8) is 0 Å². The number of halogens is 1. The van der Waals surface area contributed by atoms with Crippen LogP contribution in [-0.2, 0) is 6.54 Å². The van der Waals surface area contributed by atoms with Crippen LogP contribution in [0.1, 0.15) is 5.56 Å². The fourth-order valence-corrected chi connectivity index (χ4v) is 2.59. The molecule has 0 aliphatic carbocycles. The van der Waals surface area contributed by atoms with Crippen LogP contribution in [0.4, 0.5) is 0 Å². The summed E-state index contributed by atoms with van der Waals surface area (Å²) in [5.41, 5.74) is 3.23. The fraction of sp³-hybridized carbons (Fsp3) is 0.0625. The summed E-state index contributed by atoms with van der Waals surface area (Å²) in [4.78, 5) is 14.7. The molecule has 3 aromatic rings. The Morgan fingerprint density at radius 2 is 1.86 bits per heavy atom. The Morgan fingerprint density at radius 3 is 2.57 bits per heavy atom. The number of hydrogen-bond acceptors (Lipinski definition) is 3. The molecule has 21 heavy (non-hydrogen) atoms. The molecule has 1 aromatic heterocycles. The summed E-state index contributed by atoms with van der Waals surface area (Å²) in [5, 5.41) is 11.9. The molecule has 1 heterocycles. The van der Waals surface area contributed by atoms with Crippen molar-refractivity contribution in [3.8, 4) is 11.1 Å². The van der Waals surface area contributed by atoms with Crippen molar-refractivity contribution in [1.29, 1.82) is 0 Å². The average Bonchev–Trinajstić information content (AvgIpc) is 2.47. The van der Waals surface area contributed by atoms with Gasteiger partial charge in [-0.3, -0.25) is 15.1 Å². The highest BCUT2D eigenvalue weighted by atomic mass is 35.5. The minimum absolute atomic E-state index is 0.245. The Morgan fingerprint density at radius 1 is 1.10 bits per heavy atom. The van der Waals surface area contributed by atoms with Gasteiger partial charge in [0.2, 0.25) is 6.54 Å². The smallest absolute Gasteiger partial charge is 0.229 e. The van der Waals surface area contributed by atoms with Crippen molar-refractivity contribution in [2.24, 2.45) is 0 Å². The molecule has 0 aliphatic rings. The maximum atomic E-state index is 10.7. The summed E-state index contributed by atoms with van der Waals surface area (Å²) in [7, 11) is 0. The second-order valence-electron chi connectivity index (χ2n) is 4.73. The monoisotopic (exact) mass is 298 g/mol. The first kappa shape index (κ1) is 13.5. The van der Waals surface area contributed by atoms with Crippen LogP contribution in [0.5, 0.6) is 0 Å². The van der Waals surface area contributed by atoms with Crippen LogP contribution < -0.4 is 0 Å². The van der Waals surface area contributed by atoms with Gasteiger partial charge in [-0.2, -0.15) is 0 Å². The van der Waals surface area contributed by atoms with Gasteiger partial charge in [0.05, 0.1) is 10.5 Å². The predicted molar refractivity (Wildman–Crippen MR) is 82.9 cm³/mol. The maximum absolute atomic E-state index is 10.7. The van der Waals surface area contributed by atoms with E-state index in [1.54, 1.807) is 18.3 Å². The number of aromatic nitrogens is 1. The highest BCUT2D eigenvalue weighted by Gasteiger charge is 2.09. The minimum atomic E-state index is -0.369. The third kappa shape index (κ3) is 2.85. The third-order valence-electron chi connectivity index (χ3n) is 3.22. The van der Waals surface area contributed by atoms with Crippen LogP contribution in [0.3, 0.4) is 0 Å². The lowest BCUT2D eigenvalue weighted by Crippen LogP contribution is -1.98. The van der Waals surface area contributed by atoms with E-state index in [4.69, 9.17) is 11.6 Å². The average molecular weight is 299 g/mol. The van der Waals surface area contributed by atoms with Crippen LogP contribution in [0.2, 0.25) is 5.02 Å². The zero-order valence-corrected chi connectivity index (χ0v) is 11.7. The standard InChI is InChI=1S/C16H11ClN2O2/c17-15-7-11(10-19(20)21)6-13-8-14(9-18-16(13)15)12-4-2-1-3-5-12/h1-9H,10H2. The molecule has 3 rings (SSSR count). The summed E-state index contributed by atoms with van der Waals surface area (Å²) < 4.78 is 0. The van der Waals surface area contributed by atoms with Gasteiger partial charge in [0.15, 0.2) is 0 Å². The van der Waals surface area contributed by atoms with Gasteiger partial charge in [0.1, 0.15) is 0 Å². The van der Waals surface area contributed by atoms with Gasteiger partial charge >= 0.3 is 0 Å². The summed E-state index contributed by atoms with van der Waals surface area (Å²) in [6.07, 6.45) is 1.76. The Labute approximate surface area is 126 Å². The molecule has 0 aliphatic heterocycles. The third-order valence-corrected chi connectivity index (χ3v) is 3.50.